The standard InChI is InChI=1S/C26H27ClF3N3O3S2/c27-21-12-8-19(9-13-21)25(34)31-17-23-14-15-24(37-23)38(35,36)33(22-4-2-1-3-5-22)32-16-18-6-10-20(11-7-18)26(28,29)30/h6-15,22,32H,1-5,16-17H2,(H,31,34). The first-order valence-electron chi connectivity index (χ1n) is 12.1. The fourth-order valence-electron chi connectivity index (χ4n) is 4.27. The van der Waals surface area contributed by atoms with Gasteiger partial charge >= 0.3 is 6.18 Å². The summed E-state index contributed by atoms with van der Waals surface area (Å²) < 4.78 is 67.4. The minimum atomic E-state index is -4.44. The van der Waals surface area contributed by atoms with Crippen molar-refractivity contribution in [2.24, 2.45) is 0 Å². The maximum absolute atomic E-state index is 13.7. The molecule has 204 valence electrons. The van der Waals surface area contributed by atoms with Crippen molar-refractivity contribution in [3.05, 3.63) is 87.3 Å². The Kier molecular flexibility index (Phi) is 9.15. The minimum Gasteiger partial charge on any atom is -0.347 e. The van der Waals surface area contributed by atoms with Crippen LogP contribution in [0.5, 0.6) is 0 Å². The number of rotatable bonds is 9. The van der Waals surface area contributed by atoms with Gasteiger partial charge in [-0.3, -0.25) is 4.79 Å². The lowest BCUT2D eigenvalue weighted by Crippen LogP contribution is -2.49. The second-order valence-electron chi connectivity index (χ2n) is 9.03. The monoisotopic (exact) mass is 585 g/mol. The lowest BCUT2D eigenvalue weighted by Gasteiger charge is -2.33. The van der Waals surface area contributed by atoms with Crippen LogP contribution in [0.4, 0.5) is 13.2 Å². The molecule has 0 unspecified atom stereocenters. The quantitative estimate of drug-likeness (QED) is 0.286. The summed E-state index contributed by atoms with van der Waals surface area (Å²) in [6.07, 6.45) is -0.242. The van der Waals surface area contributed by atoms with Crippen molar-refractivity contribution in [2.45, 2.75) is 61.6 Å². The van der Waals surface area contributed by atoms with Gasteiger partial charge in [0.15, 0.2) is 0 Å². The molecule has 1 aromatic heterocycles. The molecule has 1 amide bonds. The molecule has 0 aliphatic heterocycles. The molecule has 1 heterocycles. The van der Waals surface area contributed by atoms with Crippen LogP contribution in [0.3, 0.4) is 0 Å². The van der Waals surface area contributed by atoms with Gasteiger partial charge in [0, 0.05) is 28.0 Å². The second-order valence-corrected chi connectivity index (χ2v) is 12.7. The number of thiophene rings is 1. The fraction of sp³-hybridized carbons (Fsp3) is 0.346. The number of hydrogen-bond acceptors (Lipinski definition) is 5. The zero-order valence-electron chi connectivity index (χ0n) is 20.3. The highest BCUT2D eigenvalue weighted by molar-refractivity contribution is 7.91. The number of carbonyl (C=O) groups excluding carboxylic acids is 1. The molecule has 0 spiro atoms. The van der Waals surface area contributed by atoms with Crippen molar-refractivity contribution in [3.63, 3.8) is 0 Å². The first-order chi connectivity index (χ1) is 18.0. The number of amides is 1. The number of nitrogens with zero attached hydrogens (tertiary/aromatic N) is 1. The Balaban J connectivity index is 1.46. The molecule has 0 bridgehead atoms. The molecule has 2 N–H and O–H groups in total. The van der Waals surface area contributed by atoms with Crippen molar-refractivity contribution in [3.8, 4) is 0 Å². The maximum Gasteiger partial charge on any atom is 0.416 e. The molecule has 1 saturated carbocycles. The molecule has 0 saturated heterocycles. The number of hydrazine groups is 1. The third-order valence-corrected chi connectivity index (χ3v) is 9.91. The maximum atomic E-state index is 13.7. The largest absolute Gasteiger partial charge is 0.416 e. The van der Waals surface area contributed by atoms with E-state index in [4.69, 9.17) is 11.6 Å². The van der Waals surface area contributed by atoms with Gasteiger partial charge in [-0.15, -0.1) is 15.8 Å². The molecule has 1 aliphatic rings. The highest BCUT2D eigenvalue weighted by Gasteiger charge is 2.34. The SMILES string of the molecule is O=C(NCc1ccc(S(=O)(=O)N(NCc2ccc(C(F)(F)F)cc2)C2CCCCC2)s1)c1ccc(Cl)cc1. The Morgan fingerprint density at radius 1 is 0.947 bits per heavy atom. The van der Waals surface area contributed by atoms with Crippen LogP contribution in [0.25, 0.3) is 0 Å². The molecule has 3 aromatic rings. The number of alkyl halides is 3. The molecule has 12 heteroatoms. The molecule has 0 radical (unpaired) electrons. The first kappa shape index (κ1) is 28.6. The zero-order valence-corrected chi connectivity index (χ0v) is 22.7. The van der Waals surface area contributed by atoms with Crippen LogP contribution in [0.15, 0.2) is 64.9 Å². The summed E-state index contributed by atoms with van der Waals surface area (Å²) in [5.41, 5.74) is 3.19. The van der Waals surface area contributed by atoms with Gasteiger partial charge in [0.25, 0.3) is 15.9 Å². The average molecular weight is 586 g/mol. The fourth-order valence-corrected chi connectivity index (χ4v) is 7.32. The number of benzene rings is 2. The summed E-state index contributed by atoms with van der Waals surface area (Å²) in [5, 5.41) is 3.30. The minimum absolute atomic E-state index is 0.0588. The predicted octanol–water partition coefficient (Wildman–Crippen LogP) is 6.38. The van der Waals surface area contributed by atoms with Crippen molar-refractivity contribution in [1.82, 2.24) is 15.2 Å². The average Bonchev–Trinajstić information content (AvgIpc) is 3.38. The van der Waals surface area contributed by atoms with E-state index < -0.39 is 21.8 Å². The van der Waals surface area contributed by atoms with E-state index >= 15 is 0 Å². The normalized spacial score (nSPS) is 15.1. The highest BCUT2D eigenvalue weighted by atomic mass is 35.5. The van der Waals surface area contributed by atoms with Crippen LogP contribution in [0, 0.1) is 0 Å². The van der Waals surface area contributed by atoms with E-state index in [1.165, 1.54) is 22.6 Å². The molecule has 0 atom stereocenters. The van der Waals surface area contributed by atoms with Gasteiger partial charge in [0.05, 0.1) is 12.1 Å². The van der Waals surface area contributed by atoms with E-state index in [0.717, 1.165) is 42.7 Å². The van der Waals surface area contributed by atoms with Crippen LogP contribution < -0.4 is 10.7 Å². The topological polar surface area (TPSA) is 78.5 Å². The number of nitrogens with one attached hydrogen (secondary N) is 2. The third-order valence-electron chi connectivity index (χ3n) is 6.31. The number of sulfonamides is 1. The van der Waals surface area contributed by atoms with Gasteiger partial charge in [0.1, 0.15) is 4.21 Å². The van der Waals surface area contributed by atoms with Crippen molar-refractivity contribution in [1.29, 1.82) is 0 Å². The van der Waals surface area contributed by atoms with Crippen LogP contribution in [0.1, 0.15) is 58.5 Å². The Labute approximate surface area is 228 Å². The summed E-state index contributed by atoms with van der Waals surface area (Å²) in [5.74, 6) is -0.304. The molecule has 38 heavy (non-hydrogen) atoms. The molecular formula is C26H27ClF3N3O3S2. The Hall–Kier alpha value is -2.44. The van der Waals surface area contributed by atoms with Gasteiger partial charge in [-0.05, 0) is 66.9 Å². The van der Waals surface area contributed by atoms with E-state index in [1.807, 2.05) is 0 Å². The van der Waals surface area contributed by atoms with Gasteiger partial charge in [-0.25, -0.2) is 13.8 Å². The van der Waals surface area contributed by atoms with Crippen LogP contribution in [-0.4, -0.2) is 24.8 Å². The van der Waals surface area contributed by atoms with Gasteiger partial charge < -0.3 is 5.32 Å². The van der Waals surface area contributed by atoms with Crippen LogP contribution >= 0.6 is 22.9 Å². The van der Waals surface area contributed by atoms with E-state index in [1.54, 1.807) is 30.3 Å². The lowest BCUT2D eigenvalue weighted by atomic mass is 9.96. The highest BCUT2D eigenvalue weighted by Crippen LogP contribution is 2.31. The Morgan fingerprint density at radius 3 is 2.24 bits per heavy atom. The molecular weight excluding hydrogens is 559 g/mol. The van der Waals surface area contributed by atoms with Gasteiger partial charge in [0.2, 0.25) is 0 Å². The second kappa shape index (κ2) is 12.2. The third kappa shape index (κ3) is 7.15. The molecule has 6 nitrogen and oxygen atoms in total. The Bertz CT molecular complexity index is 1340. The molecule has 2 aromatic carbocycles. The summed E-state index contributed by atoms with van der Waals surface area (Å²) in [7, 11) is -3.94. The molecule has 4 rings (SSSR count). The van der Waals surface area contributed by atoms with E-state index in [9.17, 15) is 26.4 Å². The lowest BCUT2D eigenvalue weighted by molar-refractivity contribution is -0.137. The number of halogens is 4. The van der Waals surface area contributed by atoms with E-state index in [-0.39, 0.29) is 29.2 Å². The summed E-state index contributed by atoms with van der Waals surface area (Å²) in [6, 6.07) is 14.0. The smallest absolute Gasteiger partial charge is 0.347 e. The van der Waals surface area contributed by atoms with Gasteiger partial charge in [-0.1, -0.05) is 43.0 Å². The molecule has 1 fully saturated rings. The van der Waals surface area contributed by atoms with Crippen LogP contribution in [0.2, 0.25) is 5.02 Å². The van der Waals surface area contributed by atoms with Crippen molar-refractivity contribution < 1.29 is 26.4 Å². The van der Waals surface area contributed by atoms with Crippen LogP contribution in [-0.2, 0) is 29.3 Å². The Morgan fingerprint density at radius 2 is 1.61 bits per heavy atom. The van der Waals surface area contributed by atoms with Crippen molar-refractivity contribution in [2.75, 3.05) is 0 Å². The first-order valence-corrected chi connectivity index (χ1v) is 14.7. The summed E-state index contributed by atoms with van der Waals surface area (Å²) in [4.78, 5) is 13.1. The number of hydrogen-bond donors (Lipinski definition) is 2. The number of carbonyl (C=O) groups is 1. The summed E-state index contributed by atoms with van der Waals surface area (Å²) in [6.45, 7) is 0.216. The predicted molar refractivity (Wildman–Crippen MR) is 141 cm³/mol. The van der Waals surface area contributed by atoms with E-state index in [0.29, 0.717) is 33.9 Å². The summed E-state index contributed by atoms with van der Waals surface area (Å²) >= 11 is 6.93. The van der Waals surface area contributed by atoms with Gasteiger partial charge in [-0.2, -0.15) is 13.2 Å². The van der Waals surface area contributed by atoms with Crippen molar-refractivity contribution >= 4 is 38.9 Å². The van der Waals surface area contributed by atoms with E-state index in [2.05, 4.69) is 10.7 Å². The molecule has 1 aliphatic carbocycles. The zero-order chi connectivity index (χ0) is 27.3.